The summed E-state index contributed by atoms with van der Waals surface area (Å²) in [5.74, 6) is 0.519. The summed E-state index contributed by atoms with van der Waals surface area (Å²) >= 11 is 6.13. The lowest BCUT2D eigenvalue weighted by molar-refractivity contribution is 0.619. The summed E-state index contributed by atoms with van der Waals surface area (Å²) in [4.78, 5) is 0. The Kier molecular flexibility index (Phi) is 2.74. The van der Waals surface area contributed by atoms with Crippen molar-refractivity contribution in [3.8, 4) is 11.3 Å². The number of nitrogens with zero attached hydrogens (tertiary/aromatic N) is 1. The molecule has 18 heavy (non-hydrogen) atoms. The monoisotopic (exact) mass is 265 g/mol. The van der Waals surface area contributed by atoms with Gasteiger partial charge >= 0.3 is 0 Å². The number of aromatic nitrogens is 2. The van der Waals surface area contributed by atoms with Crippen LogP contribution in [0.15, 0.2) is 18.2 Å². The van der Waals surface area contributed by atoms with E-state index in [-0.39, 0.29) is 5.82 Å². The molecule has 3 rings (SSSR count). The van der Waals surface area contributed by atoms with E-state index in [2.05, 4.69) is 15.5 Å². The average molecular weight is 266 g/mol. The van der Waals surface area contributed by atoms with Crippen molar-refractivity contribution in [3.05, 3.63) is 34.6 Å². The molecule has 3 nitrogen and oxygen atoms in total. The number of anilines is 1. The van der Waals surface area contributed by atoms with Gasteiger partial charge in [-0.2, -0.15) is 5.10 Å². The maximum atomic E-state index is 13.6. The summed E-state index contributed by atoms with van der Waals surface area (Å²) in [6, 6.07) is 5.45. The quantitative estimate of drug-likeness (QED) is 0.887. The van der Waals surface area contributed by atoms with Crippen molar-refractivity contribution in [1.82, 2.24) is 10.2 Å². The van der Waals surface area contributed by atoms with E-state index in [0.29, 0.717) is 22.2 Å². The summed E-state index contributed by atoms with van der Waals surface area (Å²) in [6.07, 6.45) is 2.37. The largest absolute Gasteiger partial charge is 0.366 e. The highest BCUT2D eigenvalue weighted by molar-refractivity contribution is 6.33. The second kappa shape index (κ2) is 4.28. The average Bonchev–Trinajstić information content (AvgIpc) is 3.01. The van der Waals surface area contributed by atoms with E-state index < -0.39 is 0 Å². The molecule has 1 aliphatic rings. The Balaban J connectivity index is 1.93. The van der Waals surface area contributed by atoms with Gasteiger partial charge in [0.1, 0.15) is 11.6 Å². The van der Waals surface area contributed by atoms with E-state index in [4.69, 9.17) is 11.6 Å². The van der Waals surface area contributed by atoms with Crippen LogP contribution in [0.4, 0.5) is 10.2 Å². The molecule has 1 fully saturated rings. The Bertz CT molecular complexity index is 590. The number of H-pyrrole nitrogens is 1. The van der Waals surface area contributed by atoms with Gasteiger partial charge in [-0.3, -0.25) is 5.10 Å². The van der Waals surface area contributed by atoms with E-state index in [1.54, 1.807) is 13.0 Å². The fraction of sp³-hybridized carbons (Fsp3) is 0.308. The zero-order chi connectivity index (χ0) is 12.7. The van der Waals surface area contributed by atoms with E-state index >= 15 is 0 Å². The van der Waals surface area contributed by atoms with Gasteiger partial charge in [0.15, 0.2) is 0 Å². The molecule has 1 aliphatic carbocycles. The predicted molar refractivity (Wildman–Crippen MR) is 70.4 cm³/mol. The number of nitrogens with one attached hydrogen (secondary N) is 2. The summed E-state index contributed by atoms with van der Waals surface area (Å²) in [5.41, 5.74) is 1.90. The number of halogens is 2. The van der Waals surface area contributed by atoms with E-state index in [9.17, 15) is 4.39 Å². The minimum Gasteiger partial charge on any atom is -0.366 e. The molecule has 0 atom stereocenters. The Morgan fingerprint density at radius 3 is 2.89 bits per heavy atom. The van der Waals surface area contributed by atoms with Crippen LogP contribution >= 0.6 is 11.6 Å². The first-order chi connectivity index (χ1) is 8.63. The number of aromatic amines is 1. The van der Waals surface area contributed by atoms with Crippen molar-refractivity contribution in [2.75, 3.05) is 5.32 Å². The molecule has 2 aromatic rings. The van der Waals surface area contributed by atoms with Gasteiger partial charge in [0.05, 0.1) is 10.7 Å². The summed E-state index contributed by atoms with van der Waals surface area (Å²) < 4.78 is 13.6. The van der Waals surface area contributed by atoms with Crippen molar-refractivity contribution in [2.24, 2.45) is 0 Å². The summed E-state index contributed by atoms with van der Waals surface area (Å²) in [6.45, 7) is 1.69. The van der Waals surface area contributed by atoms with Gasteiger partial charge < -0.3 is 5.32 Å². The molecule has 0 unspecified atom stereocenters. The lowest BCUT2D eigenvalue weighted by atomic mass is 10.1. The lowest BCUT2D eigenvalue weighted by Gasteiger charge is -2.04. The normalized spacial score (nSPS) is 14.8. The molecule has 0 aliphatic heterocycles. The molecule has 5 heteroatoms. The number of rotatable bonds is 3. The number of hydrogen-bond donors (Lipinski definition) is 2. The third-order valence-electron chi connectivity index (χ3n) is 3.05. The summed E-state index contributed by atoms with van der Waals surface area (Å²) in [5, 5.41) is 10.8. The second-order valence-corrected chi connectivity index (χ2v) is 5.07. The molecule has 1 saturated carbocycles. The van der Waals surface area contributed by atoms with Crippen molar-refractivity contribution in [2.45, 2.75) is 25.8 Å². The lowest BCUT2D eigenvalue weighted by Crippen LogP contribution is -2.00. The molecule has 1 aromatic heterocycles. The van der Waals surface area contributed by atoms with Crippen molar-refractivity contribution >= 4 is 17.4 Å². The van der Waals surface area contributed by atoms with Crippen molar-refractivity contribution < 1.29 is 4.39 Å². The highest BCUT2D eigenvalue weighted by atomic mass is 35.5. The van der Waals surface area contributed by atoms with Crippen LogP contribution in [-0.4, -0.2) is 16.2 Å². The SMILES string of the molecule is Cc1cc(Cl)c(-c2cc(NC3CC3)n[nH]2)cc1F. The third-order valence-corrected chi connectivity index (χ3v) is 3.36. The number of hydrogen-bond acceptors (Lipinski definition) is 2. The first kappa shape index (κ1) is 11.5. The highest BCUT2D eigenvalue weighted by Crippen LogP contribution is 2.31. The Labute approximate surface area is 109 Å². The standard InChI is InChI=1S/C13H13ClFN3/c1-7-4-10(14)9(5-11(7)15)12-6-13(18-17-12)16-8-2-3-8/h4-6,8H,2-3H2,1H3,(H2,16,17,18). The molecular weight excluding hydrogens is 253 g/mol. The van der Waals surface area contributed by atoms with Gasteiger partial charge in [-0.1, -0.05) is 11.6 Å². The van der Waals surface area contributed by atoms with E-state index in [1.165, 1.54) is 18.9 Å². The molecule has 0 bridgehead atoms. The van der Waals surface area contributed by atoms with Crippen LogP contribution in [0.1, 0.15) is 18.4 Å². The van der Waals surface area contributed by atoms with Crippen LogP contribution in [0.3, 0.4) is 0 Å². The van der Waals surface area contributed by atoms with Crippen LogP contribution in [0.5, 0.6) is 0 Å². The molecule has 1 aromatic carbocycles. The zero-order valence-electron chi connectivity index (χ0n) is 9.93. The molecule has 1 heterocycles. The van der Waals surface area contributed by atoms with E-state index in [1.807, 2.05) is 6.07 Å². The number of benzene rings is 1. The first-order valence-corrected chi connectivity index (χ1v) is 6.29. The van der Waals surface area contributed by atoms with Crippen LogP contribution in [0.25, 0.3) is 11.3 Å². The fourth-order valence-electron chi connectivity index (χ4n) is 1.82. The maximum Gasteiger partial charge on any atom is 0.148 e. The number of aryl methyl sites for hydroxylation is 1. The second-order valence-electron chi connectivity index (χ2n) is 4.67. The summed E-state index contributed by atoms with van der Waals surface area (Å²) in [7, 11) is 0. The zero-order valence-corrected chi connectivity index (χ0v) is 10.7. The van der Waals surface area contributed by atoms with Crippen LogP contribution in [0, 0.1) is 12.7 Å². The minimum absolute atomic E-state index is 0.263. The molecule has 0 amide bonds. The van der Waals surface area contributed by atoms with E-state index in [0.717, 1.165) is 11.5 Å². The first-order valence-electron chi connectivity index (χ1n) is 5.91. The molecular formula is C13H13ClFN3. The van der Waals surface area contributed by atoms with Crippen LogP contribution < -0.4 is 5.32 Å². The van der Waals surface area contributed by atoms with Gasteiger partial charge in [-0.15, -0.1) is 0 Å². The Hall–Kier alpha value is -1.55. The van der Waals surface area contributed by atoms with Crippen molar-refractivity contribution in [1.29, 1.82) is 0 Å². The maximum absolute atomic E-state index is 13.6. The van der Waals surface area contributed by atoms with Crippen LogP contribution in [0.2, 0.25) is 5.02 Å². The molecule has 0 spiro atoms. The van der Waals surface area contributed by atoms with Crippen molar-refractivity contribution in [3.63, 3.8) is 0 Å². The topological polar surface area (TPSA) is 40.7 Å². The predicted octanol–water partition coefficient (Wildman–Crippen LogP) is 3.75. The molecule has 2 N–H and O–H groups in total. The highest BCUT2D eigenvalue weighted by Gasteiger charge is 2.22. The minimum atomic E-state index is -0.263. The molecule has 94 valence electrons. The van der Waals surface area contributed by atoms with Gasteiger partial charge in [0.2, 0.25) is 0 Å². The van der Waals surface area contributed by atoms with Gasteiger partial charge in [0.25, 0.3) is 0 Å². The van der Waals surface area contributed by atoms with Crippen LogP contribution in [-0.2, 0) is 0 Å². The Morgan fingerprint density at radius 1 is 1.39 bits per heavy atom. The fourth-order valence-corrected chi connectivity index (χ4v) is 2.14. The van der Waals surface area contributed by atoms with Gasteiger partial charge in [-0.25, -0.2) is 4.39 Å². The smallest absolute Gasteiger partial charge is 0.148 e. The Morgan fingerprint density at radius 2 is 2.17 bits per heavy atom. The van der Waals surface area contributed by atoms with Gasteiger partial charge in [-0.05, 0) is 37.5 Å². The molecule has 0 saturated heterocycles. The third kappa shape index (κ3) is 2.20. The molecule has 0 radical (unpaired) electrons. The van der Waals surface area contributed by atoms with Gasteiger partial charge in [0, 0.05) is 17.7 Å².